The minimum Gasteiger partial charge on any atom is -0.353 e. The fraction of sp³-hybridized carbons (Fsp3) is 0.375. The van der Waals surface area contributed by atoms with E-state index in [4.69, 9.17) is 11.6 Å². The number of piperazine rings is 1. The Labute approximate surface area is 152 Å². The van der Waals surface area contributed by atoms with Crippen LogP contribution in [-0.2, 0) is 10.0 Å². The summed E-state index contributed by atoms with van der Waals surface area (Å²) in [6.45, 7) is 6.93. The number of aromatic nitrogens is 2. The highest BCUT2D eigenvalue weighted by Crippen LogP contribution is 2.23. The highest BCUT2D eigenvalue weighted by atomic mass is 35.5. The van der Waals surface area contributed by atoms with Crippen molar-refractivity contribution in [3.63, 3.8) is 0 Å². The van der Waals surface area contributed by atoms with Gasteiger partial charge in [0, 0.05) is 26.2 Å². The van der Waals surface area contributed by atoms with E-state index in [0.29, 0.717) is 0 Å². The van der Waals surface area contributed by atoms with Gasteiger partial charge in [0.1, 0.15) is 4.90 Å². The Morgan fingerprint density at radius 1 is 1.08 bits per heavy atom. The molecular weight excluding hydrogens is 362 g/mol. The van der Waals surface area contributed by atoms with Crippen molar-refractivity contribution in [2.75, 3.05) is 42.3 Å². The minimum absolute atomic E-state index is 0.0123. The molecule has 0 aliphatic carbocycles. The summed E-state index contributed by atoms with van der Waals surface area (Å²) >= 11 is 5.96. The molecule has 0 amide bonds. The van der Waals surface area contributed by atoms with Crippen molar-refractivity contribution in [2.45, 2.75) is 11.8 Å². The zero-order valence-corrected chi connectivity index (χ0v) is 15.5. The topological polar surface area (TPSA) is 78.4 Å². The lowest BCUT2D eigenvalue weighted by atomic mass is 10.3. The molecule has 2 heterocycles. The molecule has 1 aromatic carbocycles. The van der Waals surface area contributed by atoms with E-state index >= 15 is 0 Å². The molecule has 9 heteroatoms. The standard InChI is InChI=1S/C16H20ClN5O2S/c1-2-21-9-11-22(12-10-21)16-8-7-15(18-19-16)20-25(23,24)14-6-4-3-5-13(14)17/h3-8H,2,9-12H2,1H3,(H,18,20). The Balaban J connectivity index is 1.70. The zero-order chi connectivity index (χ0) is 17.9. The predicted octanol–water partition coefficient (Wildman–Crippen LogP) is 2.07. The van der Waals surface area contributed by atoms with Crippen molar-refractivity contribution in [3.8, 4) is 0 Å². The number of sulfonamides is 1. The average molecular weight is 382 g/mol. The Hall–Kier alpha value is -1.90. The molecule has 0 spiro atoms. The Bertz CT molecular complexity index is 821. The largest absolute Gasteiger partial charge is 0.353 e. The number of nitrogens with one attached hydrogen (secondary N) is 1. The first-order chi connectivity index (χ1) is 12.0. The van der Waals surface area contributed by atoms with Gasteiger partial charge in [-0.3, -0.25) is 4.72 Å². The number of likely N-dealkylation sites (N-methyl/N-ethyl adjacent to an activating group) is 1. The van der Waals surface area contributed by atoms with Crippen molar-refractivity contribution < 1.29 is 8.42 Å². The van der Waals surface area contributed by atoms with Crippen LogP contribution in [0.15, 0.2) is 41.3 Å². The monoisotopic (exact) mass is 381 g/mol. The molecule has 2 aromatic rings. The van der Waals surface area contributed by atoms with E-state index in [1.54, 1.807) is 24.3 Å². The van der Waals surface area contributed by atoms with Crippen LogP contribution in [-0.4, -0.2) is 56.2 Å². The number of nitrogens with zero attached hydrogens (tertiary/aromatic N) is 4. The average Bonchev–Trinajstić information content (AvgIpc) is 2.62. The smallest absolute Gasteiger partial charge is 0.264 e. The van der Waals surface area contributed by atoms with Gasteiger partial charge in [0.25, 0.3) is 10.0 Å². The first-order valence-corrected chi connectivity index (χ1v) is 9.94. The van der Waals surface area contributed by atoms with Gasteiger partial charge in [-0.1, -0.05) is 30.7 Å². The molecule has 0 atom stereocenters. The molecule has 1 fully saturated rings. The molecule has 1 N–H and O–H groups in total. The Morgan fingerprint density at radius 3 is 2.40 bits per heavy atom. The summed E-state index contributed by atoms with van der Waals surface area (Å²) in [5.41, 5.74) is 0. The Kier molecular flexibility index (Phi) is 5.41. The van der Waals surface area contributed by atoms with Crippen LogP contribution in [0.2, 0.25) is 5.02 Å². The van der Waals surface area contributed by atoms with Crippen molar-refractivity contribution in [1.82, 2.24) is 15.1 Å². The van der Waals surface area contributed by atoms with Crippen LogP contribution in [0.25, 0.3) is 0 Å². The SMILES string of the molecule is CCN1CCN(c2ccc(NS(=O)(=O)c3ccccc3Cl)nn2)CC1. The first kappa shape index (κ1) is 17.9. The maximum atomic E-state index is 12.4. The van der Waals surface area contributed by atoms with Gasteiger partial charge in [0.05, 0.1) is 5.02 Å². The van der Waals surface area contributed by atoms with Gasteiger partial charge >= 0.3 is 0 Å². The van der Waals surface area contributed by atoms with Crippen LogP contribution in [0.5, 0.6) is 0 Å². The molecule has 0 bridgehead atoms. The third-order valence-electron chi connectivity index (χ3n) is 4.16. The Morgan fingerprint density at radius 2 is 1.80 bits per heavy atom. The van der Waals surface area contributed by atoms with Gasteiger partial charge in [0.15, 0.2) is 11.6 Å². The normalized spacial score (nSPS) is 16.0. The molecule has 1 aliphatic rings. The van der Waals surface area contributed by atoms with Crippen molar-refractivity contribution in [3.05, 3.63) is 41.4 Å². The summed E-state index contributed by atoms with van der Waals surface area (Å²) in [7, 11) is -3.80. The van der Waals surface area contributed by atoms with Crippen LogP contribution < -0.4 is 9.62 Å². The lowest BCUT2D eigenvalue weighted by molar-refractivity contribution is 0.270. The van der Waals surface area contributed by atoms with E-state index in [2.05, 4.69) is 31.6 Å². The van der Waals surface area contributed by atoms with E-state index in [1.807, 2.05) is 0 Å². The van der Waals surface area contributed by atoms with Crippen molar-refractivity contribution >= 4 is 33.3 Å². The van der Waals surface area contributed by atoms with Crippen LogP contribution in [0.1, 0.15) is 6.92 Å². The number of halogens is 1. The second-order valence-corrected chi connectivity index (χ2v) is 7.79. The van der Waals surface area contributed by atoms with E-state index < -0.39 is 10.0 Å². The van der Waals surface area contributed by atoms with E-state index in [0.717, 1.165) is 38.5 Å². The summed E-state index contributed by atoms with van der Waals surface area (Å²) in [6, 6.07) is 9.65. The first-order valence-electron chi connectivity index (χ1n) is 8.08. The molecule has 1 aromatic heterocycles. The molecular formula is C16H20ClN5O2S. The molecule has 134 valence electrons. The van der Waals surface area contributed by atoms with Crippen molar-refractivity contribution in [1.29, 1.82) is 0 Å². The fourth-order valence-electron chi connectivity index (χ4n) is 2.70. The molecule has 0 saturated carbocycles. The third-order valence-corrected chi connectivity index (χ3v) is 6.01. The van der Waals surface area contributed by atoms with Gasteiger partial charge in [0.2, 0.25) is 0 Å². The van der Waals surface area contributed by atoms with Crippen LogP contribution in [0.4, 0.5) is 11.6 Å². The van der Waals surface area contributed by atoms with Crippen LogP contribution >= 0.6 is 11.6 Å². The van der Waals surface area contributed by atoms with Crippen molar-refractivity contribution in [2.24, 2.45) is 0 Å². The second-order valence-electron chi connectivity index (χ2n) is 5.73. The highest BCUT2D eigenvalue weighted by Gasteiger charge is 2.20. The summed E-state index contributed by atoms with van der Waals surface area (Å²) in [4.78, 5) is 4.53. The van der Waals surface area contributed by atoms with E-state index in [9.17, 15) is 8.42 Å². The quantitative estimate of drug-likeness (QED) is 0.854. The highest BCUT2D eigenvalue weighted by molar-refractivity contribution is 7.92. The number of hydrogen-bond acceptors (Lipinski definition) is 6. The minimum atomic E-state index is -3.80. The fourth-order valence-corrected chi connectivity index (χ4v) is 4.21. The van der Waals surface area contributed by atoms with Gasteiger partial charge < -0.3 is 9.80 Å². The number of anilines is 2. The van der Waals surface area contributed by atoms with Crippen LogP contribution in [0, 0.1) is 0 Å². The molecule has 0 unspecified atom stereocenters. The predicted molar refractivity (Wildman–Crippen MR) is 98.6 cm³/mol. The molecule has 7 nitrogen and oxygen atoms in total. The summed E-state index contributed by atoms with van der Waals surface area (Å²) in [6.07, 6.45) is 0. The molecule has 1 saturated heterocycles. The molecule has 0 radical (unpaired) electrons. The van der Waals surface area contributed by atoms with E-state index in [-0.39, 0.29) is 15.7 Å². The van der Waals surface area contributed by atoms with Gasteiger partial charge in [-0.2, -0.15) is 0 Å². The molecule has 1 aliphatic heterocycles. The summed E-state index contributed by atoms with van der Waals surface area (Å²) in [5, 5.41) is 8.31. The zero-order valence-electron chi connectivity index (χ0n) is 13.9. The number of hydrogen-bond donors (Lipinski definition) is 1. The van der Waals surface area contributed by atoms with Gasteiger partial charge in [-0.15, -0.1) is 10.2 Å². The summed E-state index contributed by atoms with van der Waals surface area (Å²) < 4.78 is 27.2. The molecule has 25 heavy (non-hydrogen) atoms. The lowest BCUT2D eigenvalue weighted by Crippen LogP contribution is -2.46. The van der Waals surface area contributed by atoms with Gasteiger partial charge in [-0.05, 0) is 30.8 Å². The molecule has 3 rings (SSSR count). The number of benzene rings is 1. The summed E-state index contributed by atoms with van der Waals surface area (Å²) in [5.74, 6) is 0.910. The maximum Gasteiger partial charge on any atom is 0.264 e. The van der Waals surface area contributed by atoms with Gasteiger partial charge in [-0.25, -0.2) is 8.42 Å². The third kappa shape index (κ3) is 4.20. The lowest BCUT2D eigenvalue weighted by Gasteiger charge is -2.34. The second kappa shape index (κ2) is 7.55. The van der Waals surface area contributed by atoms with Crippen LogP contribution in [0.3, 0.4) is 0 Å². The van der Waals surface area contributed by atoms with E-state index in [1.165, 1.54) is 12.1 Å². The maximum absolute atomic E-state index is 12.4. The number of rotatable bonds is 5.